The largest absolute Gasteiger partial charge is 0.393 e. The second-order valence-electron chi connectivity index (χ2n) is 5.26. The average molecular weight is 313 g/mol. The topological polar surface area (TPSA) is 116 Å². The van der Waals surface area contributed by atoms with Gasteiger partial charge < -0.3 is 10.5 Å². The minimum absolute atomic E-state index is 0.0214. The summed E-state index contributed by atoms with van der Waals surface area (Å²) >= 11 is 0. The maximum atomic E-state index is 12.6. The predicted molar refractivity (Wildman–Crippen MR) is 74.2 cm³/mol. The molecular formula is C12H15N3O5S. The van der Waals surface area contributed by atoms with Crippen LogP contribution in [0.25, 0.3) is 0 Å². The molecule has 8 nitrogen and oxygen atoms in total. The van der Waals surface area contributed by atoms with Crippen LogP contribution in [0.4, 0.5) is 11.4 Å². The molecule has 0 spiro atoms. The minimum atomic E-state index is -3.70. The number of hydrogen-bond donors (Lipinski definition) is 1. The van der Waals surface area contributed by atoms with E-state index in [9.17, 15) is 18.5 Å². The number of benzene rings is 1. The van der Waals surface area contributed by atoms with Gasteiger partial charge in [0.1, 0.15) is 5.69 Å². The Hall–Kier alpha value is -1.71. The number of sulfonamides is 1. The summed E-state index contributed by atoms with van der Waals surface area (Å²) in [5.41, 5.74) is 5.12. The van der Waals surface area contributed by atoms with Gasteiger partial charge in [-0.15, -0.1) is 0 Å². The highest BCUT2D eigenvalue weighted by Gasteiger charge is 2.39. The summed E-state index contributed by atoms with van der Waals surface area (Å²) in [5, 5.41) is 10.7. The number of ether oxygens (including phenoxy) is 1. The molecule has 1 aromatic carbocycles. The number of anilines is 1. The standard InChI is InChI=1S/C12H15N3O5S/c13-11-5-10(3-4-12(11)15(16)17)21(18,19)14-6-8-1-2-9(7-14)20-8/h3-5,8-9H,1-2,6-7,13H2. The van der Waals surface area contributed by atoms with E-state index in [1.165, 1.54) is 10.4 Å². The number of fused-ring (bicyclic) bond motifs is 2. The second kappa shape index (κ2) is 4.93. The first-order valence-corrected chi connectivity index (χ1v) is 8.01. The number of nitrogens with two attached hydrogens (primary N) is 1. The van der Waals surface area contributed by atoms with Crippen molar-refractivity contribution in [2.75, 3.05) is 18.8 Å². The molecule has 9 heteroatoms. The fraction of sp³-hybridized carbons (Fsp3) is 0.500. The normalized spacial score (nSPS) is 25.9. The maximum absolute atomic E-state index is 12.6. The SMILES string of the molecule is Nc1cc(S(=O)(=O)N2CC3CCC(C2)O3)ccc1[N+](=O)[O-]. The fourth-order valence-electron chi connectivity index (χ4n) is 2.78. The van der Waals surface area contributed by atoms with Crippen LogP contribution in [0.3, 0.4) is 0 Å². The summed E-state index contributed by atoms with van der Waals surface area (Å²) < 4.78 is 32.2. The highest BCUT2D eigenvalue weighted by atomic mass is 32.2. The molecular weight excluding hydrogens is 298 g/mol. The summed E-state index contributed by atoms with van der Waals surface area (Å²) in [5.74, 6) is 0. The van der Waals surface area contributed by atoms with E-state index >= 15 is 0 Å². The van der Waals surface area contributed by atoms with Crippen LogP contribution < -0.4 is 5.73 Å². The van der Waals surface area contributed by atoms with Crippen LogP contribution in [0.1, 0.15) is 12.8 Å². The highest BCUT2D eigenvalue weighted by Crippen LogP contribution is 2.31. The van der Waals surface area contributed by atoms with Crippen LogP contribution in [0, 0.1) is 10.1 Å². The molecule has 0 saturated carbocycles. The molecule has 2 aliphatic heterocycles. The van der Waals surface area contributed by atoms with E-state index in [4.69, 9.17) is 10.5 Å². The van der Waals surface area contributed by atoms with Crippen LogP contribution in [-0.2, 0) is 14.8 Å². The number of rotatable bonds is 3. The summed E-state index contributed by atoms with van der Waals surface area (Å²) in [6.07, 6.45) is 1.60. The third-order valence-electron chi connectivity index (χ3n) is 3.84. The van der Waals surface area contributed by atoms with Crippen LogP contribution in [0.2, 0.25) is 0 Å². The number of morpholine rings is 1. The van der Waals surface area contributed by atoms with Crippen molar-refractivity contribution >= 4 is 21.4 Å². The Kier molecular flexibility index (Phi) is 3.34. The van der Waals surface area contributed by atoms with Crippen molar-refractivity contribution in [3.63, 3.8) is 0 Å². The van der Waals surface area contributed by atoms with E-state index in [0.29, 0.717) is 13.1 Å². The molecule has 2 heterocycles. The van der Waals surface area contributed by atoms with Gasteiger partial charge in [-0.05, 0) is 25.0 Å². The van der Waals surface area contributed by atoms with Gasteiger partial charge in [-0.25, -0.2) is 8.42 Å². The van der Waals surface area contributed by atoms with Crippen molar-refractivity contribution in [3.8, 4) is 0 Å². The molecule has 2 unspecified atom stereocenters. The lowest BCUT2D eigenvalue weighted by Gasteiger charge is -2.31. The van der Waals surface area contributed by atoms with Crippen molar-refractivity contribution in [1.29, 1.82) is 0 Å². The van der Waals surface area contributed by atoms with E-state index in [1.54, 1.807) is 0 Å². The Balaban J connectivity index is 1.91. The Labute approximate surface area is 121 Å². The molecule has 0 amide bonds. The third kappa shape index (κ3) is 2.47. The molecule has 2 aliphatic rings. The highest BCUT2D eigenvalue weighted by molar-refractivity contribution is 7.89. The molecule has 3 rings (SSSR count). The van der Waals surface area contributed by atoms with Gasteiger partial charge in [-0.1, -0.05) is 0 Å². The molecule has 2 saturated heterocycles. The molecule has 0 aromatic heterocycles. The first-order valence-electron chi connectivity index (χ1n) is 6.57. The molecule has 114 valence electrons. The van der Waals surface area contributed by atoms with Crippen molar-refractivity contribution in [2.24, 2.45) is 0 Å². The van der Waals surface area contributed by atoms with Crippen molar-refractivity contribution in [3.05, 3.63) is 28.3 Å². The summed E-state index contributed by atoms with van der Waals surface area (Å²) in [6.45, 7) is 0.630. The summed E-state index contributed by atoms with van der Waals surface area (Å²) in [7, 11) is -3.70. The van der Waals surface area contributed by atoms with Crippen LogP contribution in [-0.4, -0.2) is 42.9 Å². The zero-order valence-electron chi connectivity index (χ0n) is 11.1. The zero-order valence-corrected chi connectivity index (χ0v) is 12.0. The Morgan fingerprint density at radius 1 is 1.29 bits per heavy atom. The van der Waals surface area contributed by atoms with Gasteiger partial charge in [0.2, 0.25) is 10.0 Å². The molecule has 21 heavy (non-hydrogen) atoms. The van der Waals surface area contributed by atoms with E-state index in [2.05, 4.69) is 0 Å². The summed E-state index contributed by atoms with van der Waals surface area (Å²) in [4.78, 5) is 10.1. The number of nitro groups is 1. The Bertz CT molecular complexity index is 678. The molecule has 0 radical (unpaired) electrons. The van der Waals surface area contributed by atoms with Gasteiger partial charge in [0, 0.05) is 19.2 Å². The number of nitro benzene ring substituents is 1. The maximum Gasteiger partial charge on any atom is 0.292 e. The molecule has 2 bridgehead atoms. The molecule has 2 atom stereocenters. The van der Waals surface area contributed by atoms with Gasteiger partial charge in [-0.2, -0.15) is 4.31 Å². The lowest BCUT2D eigenvalue weighted by Crippen LogP contribution is -2.45. The number of hydrogen-bond acceptors (Lipinski definition) is 6. The van der Waals surface area contributed by atoms with Gasteiger partial charge in [0.25, 0.3) is 5.69 Å². The Morgan fingerprint density at radius 3 is 2.43 bits per heavy atom. The monoisotopic (exact) mass is 313 g/mol. The van der Waals surface area contributed by atoms with E-state index < -0.39 is 14.9 Å². The second-order valence-corrected chi connectivity index (χ2v) is 7.20. The first kappa shape index (κ1) is 14.2. The number of nitrogen functional groups attached to an aromatic ring is 1. The van der Waals surface area contributed by atoms with E-state index in [1.807, 2.05) is 0 Å². The van der Waals surface area contributed by atoms with Gasteiger partial charge in [-0.3, -0.25) is 10.1 Å². The fourth-order valence-corrected chi connectivity index (χ4v) is 4.32. The quantitative estimate of drug-likeness (QED) is 0.499. The molecule has 2 fully saturated rings. The van der Waals surface area contributed by atoms with Crippen LogP contribution in [0.5, 0.6) is 0 Å². The van der Waals surface area contributed by atoms with Crippen molar-refractivity contribution in [2.45, 2.75) is 29.9 Å². The van der Waals surface area contributed by atoms with Crippen LogP contribution >= 0.6 is 0 Å². The zero-order chi connectivity index (χ0) is 15.2. The Morgan fingerprint density at radius 2 is 1.90 bits per heavy atom. The lowest BCUT2D eigenvalue weighted by atomic mass is 10.2. The van der Waals surface area contributed by atoms with E-state index in [0.717, 1.165) is 25.0 Å². The lowest BCUT2D eigenvalue weighted by molar-refractivity contribution is -0.383. The smallest absolute Gasteiger partial charge is 0.292 e. The molecule has 2 N–H and O–H groups in total. The van der Waals surface area contributed by atoms with Gasteiger partial charge in [0.05, 0.1) is 22.0 Å². The number of nitrogens with zero attached hydrogens (tertiary/aromatic N) is 2. The first-order chi connectivity index (χ1) is 9.88. The van der Waals surface area contributed by atoms with Crippen molar-refractivity contribution < 1.29 is 18.1 Å². The van der Waals surface area contributed by atoms with Gasteiger partial charge in [0.15, 0.2) is 0 Å². The van der Waals surface area contributed by atoms with E-state index in [-0.39, 0.29) is 28.5 Å². The minimum Gasteiger partial charge on any atom is -0.393 e. The predicted octanol–water partition coefficient (Wildman–Crippen LogP) is 0.729. The molecule has 0 aliphatic carbocycles. The van der Waals surface area contributed by atoms with Crippen LogP contribution in [0.15, 0.2) is 23.1 Å². The van der Waals surface area contributed by atoms with Gasteiger partial charge >= 0.3 is 0 Å². The van der Waals surface area contributed by atoms with Crippen molar-refractivity contribution in [1.82, 2.24) is 4.31 Å². The average Bonchev–Trinajstić information content (AvgIpc) is 2.76. The summed E-state index contributed by atoms with van der Waals surface area (Å²) in [6, 6.07) is 3.49. The third-order valence-corrected chi connectivity index (χ3v) is 5.67. The molecule has 1 aromatic rings.